The maximum absolute atomic E-state index is 5.38. The quantitative estimate of drug-likeness (QED) is 0.660. The van der Waals surface area contributed by atoms with Crippen LogP contribution < -0.4 is 0 Å². The van der Waals surface area contributed by atoms with Crippen LogP contribution in [-0.4, -0.2) is 11.9 Å². The fourth-order valence-electron chi connectivity index (χ4n) is 0.955. The molecule has 1 aliphatic rings. The zero-order valence-corrected chi connectivity index (χ0v) is 8.14. The van der Waals surface area contributed by atoms with E-state index in [1.54, 1.807) is 0 Å². The third kappa shape index (κ3) is 3.61. The molecule has 0 fully saturated rings. The van der Waals surface area contributed by atoms with E-state index in [4.69, 9.17) is 4.74 Å². The second-order valence-corrected chi connectivity index (χ2v) is 3.27. The largest absolute Gasteiger partial charge is 0.494 e. The Bertz CT molecular complexity index is 161. The highest BCUT2D eigenvalue weighted by molar-refractivity contribution is 9.09. The van der Waals surface area contributed by atoms with Crippen molar-refractivity contribution in [1.29, 1.82) is 0 Å². The van der Waals surface area contributed by atoms with Gasteiger partial charge in [-0.1, -0.05) is 22.0 Å². The lowest BCUT2D eigenvalue weighted by Gasteiger charge is -2.10. The van der Waals surface area contributed by atoms with Gasteiger partial charge in [0.2, 0.25) is 0 Å². The van der Waals surface area contributed by atoms with E-state index in [0.717, 1.165) is 37.0 Å². The molecule has 0 bridgehead atoms. The van der Waals surface area contributed by atoms with Gasteiger partial charge in [0.05, 0.1) is 6.61 Å². The molecule has 0 aliphatic carbocycles. The van der Waals surface area contributed by atoms with Crippen LogP contribution in [0, 0.1) is 0 Å². The normalized spacial score (nSPS) is 18.1. The van der Waals surface area contributed by atoms with Crippen LogP contribution in [0.5, 0.6) is 0 Å². The molecule has 1 rings (SSSR count). The number of rotatable bonds is 3. The highest BCUT2D eigenvalue weighted by Crippen LogP contribution is 2.10. The van der Waals surface area contributed by atoms with Gasteiger partial charge in [0.15, 0.2) is 0 Å². The molecule has 0 radical (unpaired) electrons. The Hall–Kier alpha value is -0.240. The first-order chi connectivity index (χ1) is 5.43. The summed E-state index contributed by atoms with van der Waals surface area (Å²) in [6, 6.07) is 0. The summed E-state index contributed by atoms with van der Waals surface area (Å²) in [5, 5.41) is 1.02. The zero-order chi connectivity index (χ0) is 7.94. The lowest BCUT2D eigenvalue weighted by Crippen LogP contribution is -1.98. The zero-order valence-electron chi connectivity index (χ0n) is 6.55. The average molecular weight is 217 g/mol. The lowest BCUT2D eigenvalue weighted by atomic mass is 10.2. The minimum Gasteiger partial charge on any atom is -0.494 e. The Morgan fingerprint density at radius 2 is 2.55 bits per heavy atom. The summed E-state index contributed by atoms with van der Waals surface area (Å²) >= 11 is 3.36. The van der Waals surface area contributed by atoms with E-state index in [1.807, 2.05) is 0 Å². The molecular weight excluding hydrogens is 204 g/mol. The molecule has 0 unspecified atom stereocenters. The van der Waals surface area contributed by atoms with Crippen LogP contribution >= 0.6 is 15.9 Å². The van der Waals surface area contributed by atoms with Crippen molar-refractivity contribution in [2.45, 2.75) is 19.3 Å². The Labute approximate surface area is 76.3 Å². The molecule has 0 amide bonds. The van der Waals surface area contributed by atoms with Gasteiger partial charge < -0.3 is 4.74 Å². The van der Waals surface area contributed by atoms with Crippen LogP contribution in [-0.2, 0) is 4.74 Å². The van der Waals surface area contributed by atoms with Crippen LogP contribution in [0.15, 0.2) is 24.0 Å². The predicted octanol–water partition coefficient (Wildman–Crippen LogP) is 3.02. The fourth-order valence-corrected chi connectivity index (χ4v) is 1.22. The smallest absolute Gasteiger partial charge is 0.114 e. The first kappa shape index (κ1) is 8.85. The summed E-state index contributed by atoms with van der Waals surface area (Å²) in [6.45, 7) is 0.879. The van der Waals surface area contributed by atoms with Crippen LogP contribution in [0.1, 0.15) is 19.3 Å². The second-order valence-electron chi connectivity index (χ2n) is 2.48. The maximum Gasteiger partial charge on any atom is 0.114 e. The molecule has 0 N–H and O–H groups in total. The predicted molar refractivity (Wildman–Crippen MR) is 50.8 cm³/mol. The molecule has 11 heavy (non-hydrogen) atoms. The molecular formula is C9H13BrO. The average Bonchev–Trinajstić information content (AvgIpc) is 2.07. The summed E-state index contributed by atoms with van der Waals surface area (Å²) in [5.41, 5.74) is 0. The summed E-state index contributed by atoms with van der Waals surface area (Å²) < 4.78 is 5.38. The van der Waals surface area contributed by atoms with Gasteiger partial charge in [-0.3, -0.25) is 0 Å². The van der Waals surface area contributed by atoms with E-state index in [9.17, 15) is 0 Å². The number of hydrogen-bond donors (Lipinski definition) is 0. The SMILES string of the molecule is BrCC/C=C/C1=CCCCO1. The number of alkyl halides is 1. The standard InChI is InChI=1S/C9H13BrO/c10-7-3-1-5-9-6-2-4-8-11-9/h1,5-6H,2-4,7-8H2/b5-1+. The van der Waals surface area contributed by atoms with E-state index in [1.165, 1.54) is 0 Å². The van der Waals surface area contributed by atoms with Gasteiger partial charge in [-0.25, -0.2) is 0 Å². The number of halogens is 1. The minimum atomic E-state index is 0.879. The molecule has 0 atom stereocenters. The Morgan fingerprint density at radius 1 is 1.64 bits per heavy atom. The van der Waals surface area contributed by atoms with Gasteiger partial charge >= 0.3 is 0 Å². The fraction of sp³-hybridized carbons (Fsp3) is 0.556. The molecule has 0 aromatic carbocycles. The minimum absolute atomic E-state index is 0.879. The van der Waals surface area contributed by atoms with Gasteiger partial charge in [-0.05, 0) is 31.4 Å². The molecule has 62 valence electrons. The molecule has 2 heteroatoms. The van der Waals surface area contributed by atoms with Crippen molar-refractivity contribution in [3.63, 3.8) is 0 Å². The maximum atomic E-state index is 5.38. The molecule has 0 aromatic heterocycles. The van der Waals surface area contributed by atoms with E-state index in [2.05, 4.69) is 34.2 Å². The van der Waals surface area contributed by atoms with Crippen LogP contribution in [0.4, 0.5) is 0 Å². The van der Waals surface area contributed by atoms with Gasteiger partial charge in [0.1, 0.15) is 5.76 Å². The van der Waals surface area contributed by atoms with E-state index >= 15 is 0 Å². The number of ether oxygens (including phenoxy) is 1. The summed E-state index contributed by atoms with van der Waals surface area (Å²) in [7, 11) is 0. The van der Waals surface area contributed by atoms with E-state index in [0.29, 0.717) is 0 Å². The number of allylic oxidation sites excluding steroid dienone is 3. The van der Waals surface area contributed by atoms with Gasteiger partial charge in [0, 0.05) is 5.33 Å². The second kappa shape index (κ2) is 5.42. The molecule has 0 saturated carbocycles. The van der Waals surface area contributed by atoms with Gasteiger partial charge in [-0.2, -0.15) is 0 Å². The van der Waals surface area contributed by atoms with E-state index < -0.39 is 0 Å². The van der Waals surface area contributed by atoms with Crippen LogP contribution in [0.25, 0.3) is 0 Å². The monoisotopic (exact) mass is 216 g/mol. The van der Waals surface area contributed by atoms with Crippen LogP contribution in [0.3, 0.4) is 0 Å². The third-order valence-electron chi connectivity index (χ3n) is 1.52. The highest BCUT2D eigenvalue weighted by atomic mass is 79.9. The summed E-state index contributed by atoms with van der Waals surface area (Å²) in [5.74, 6) is 1.04. The molecule has 1 heterocycles. The molecule has 0 saturated heterocycles. The van der Waals surface area contributed by atoms with Crippen molar-refractivity contribution in [3.05, 3.63) is 24.0 Å². The Balaban J connectivity index is 2.29. The van der Waals surface area contributed by atoms with Crippen LogP contribution in [0.2, 0.25) is 0 Å². The lowest BCUT2D eigenvalue weighted by molar-refractivity contribution is 0.206. The third-order valence-corrected chi connectivity index (χ3v) is 1.98. The van der Waals surface area contributed by atoms with Crippen molar-refractivity contribution >= 4 is 15.9 Å². The number of hydrogen-bond acceptors (Lipinski definition) is 1. The molecule has 1 nitrogen and oxygen atoms in total. The van der Waals surface area contributed by atoms with Gasteiger partial charge in [-0.15, -0.1) is 0 Å². The summed E-state index contributed by atoms with van der Waals surface area (Å²) in [6.07, 6.45) is 9.73. The molecule has 0 aromatic rings. The van der Waals surface area contributed by atoms with Crippen molar-refractivity contribution in [2.75, 3.05) is 11.9 Å². The first-order valence-corrected chi connectivity index (χ1v) is 5.11. The van der Waals surface area contributed by atoms with Crippen molar-refractivity contribution in [3.8, 4) is 0 Å². The topological polar surface area (TPSA) is 9.23 Å². The first-order valence-electron chi connectivity index (χ1n) is 3.99. The molecule has 1 aliphatic heterocycles. The van der Waals surface area contributed by atoms with Crippen molar-refractivity contribution in [1.82, 2.24) is 0 Å². The summed E-state index contributed by atoms with van der Waals surface area (Å²) in [4.78, 5) is 0. The molecule has 0 spiro atoms. The van der Waals surface area contributed by atoms with Crippen molar-refractivity contribution in [2.24, 2.45) is 0 Å². The highest BCUT2D eigenvalue weighted by Gasteiger charge is 1.98. The van der Waals surface area contributed by atoms with E-state index in [-0.39, 0.29) is 0 Å². The Kier molecular flexibility index (Phi) is 4.36. The Morgan fingerprint density at radius 3 is 3.18 bits per heavy atom. The van der Waals surface area contributed by atoms with Gasteiger partial charge in [0.25, 0.3) is 0 Å². The van der Waals surface area contributed by atoms with Crippen molar-refractivity contribution < 1.29 is 4.74 Å².